The van der Waals surface area contributed by atoms with Crippen molar-refractivity contribution in [2.75, 3.05) is 4.90 Å². The predicted molar refractivity (Wildman–Crippen MR) is 211 cm³/mol. The summed E-state index contributed by atoms with van der Waals surface area (Å²) in [5, 5.41) is 4.02. The maximum absolute atomic E-state index is 14.7. The minimum atomic E-state index is -1.41. The first-order valence-corrected chi connectivity index (χ1v) is 17.7. The highest BCUT2D eigenvalue weighted by molar-refractivity contribution is 6.42. The van der Waals surface area contributed by atoms with Gasteiger partial charge in [0.2, 0.25) is 0 Å². The zero-order valence-electron chi connectivity index (χ0n) is 29.5. The summed E-state index contributed by atoms with van der Waals surface area (Å²) in [6.07, 6.45) is 1.74. The molecule has 1 aliphatic heterocycles. The molecular formula is C48H36FNO2. The third-order valence-corrected chi connectivity index (χ3v) is 10.9. The topological polar surface area (TPSA) is 37.4 Å². The summed E-state index contributed by atoms with van der Waals surface area (Å²) in [6, 6.07) is 46.8. The second-order valence-electron chi connectivity index (χ2n) is 15.0. The summed E-state index contributed by atoms with van der Waals surface area (Å²) >= 11 is 0. The Kier molecular flexibility index (Phi) is 7.00. The van der Waals surface area contributed by atoms with Crippen molar-refractivity contribution in [2.45, 2.75) is 38.8 Å². The Morgan fingerprint density at radius 1 is 0.615 bits per heavy atom. The molecule has 7 aromatic rings. The van der Waals surface area contributed by atoms with E-state index in [-0.39, 0.29) is 17.1 Å². The Morgan fingerprint density at radius 2 is 1.23 bits per heavy atom. The summed E-state index contributed by atoms with van der Waals surface area (Å²) in [7, 11) is 0. The second kappa shape index (κ2) is 11.4. The molecule has 0 radical (unpaired) electrons. The average molecular weight is 678 g/mol. The van der Waals surface area contributed by atoms with E-state index in [0.29, 0.717) is 16.7 Å². The van der Waals surface area contributed by atoms with Crippen LogP contribution in [0.2, 0.25) is 0 Å². The van der Waals surface area contributed by atoms with Crippen LogP contribution in [0.3, 0.4) is 0 Å². The van der Waals surface area contributed by atoms with Crippen molar-refractivity contribution in [1.82, 2.24) is 0 Å². The number of carbonyl (C=O) groups excluding carboxylic acids is 2. The summed E-state index contributed by atoms with van der Waals surface area (Å²) < 4.78 is 14.7. The van der Waals surface area contributed by atoms with E-state index in [1.165, 1.54) is 11.1 Å². The van der Waals surface area contributed by atoms with Crippen molar-refractivity contribution in [3.63, 3.8) is 0 Å². The number of Topliss-reactive ketones (excluding diaryl/α,β-unsaturated/α-hetero) is 2. The highest BCUT2D eigenvalue weighted by atomic mass is 19.1. The fourth-order valence-corrected chi connectivity index (χ4v) is 8.17. The zero-order chi connectivity index (χ0) is 35.9. The van der Waals surface area contributed by atoms with Crippen molar-refractivity contribution in [1.29, 1.82) is 0 Å². The molecular weight excluding hydrogens is 642 g/mol. The van der Waals surface area contributed by atoms with Gasteiger partial charge in [-0.15, -0.1) is 0 Å². The summed E-state index contributed by atoms with van der Waals surface area (Å²) in [6.45, 7) is 7.71. The van der Waals surface area contributed by atoms with E-state index in [9.17, 15) is 14.0 Å². The van der Waals surface area contributed by atoms with E-state index in [1.807, 2.05) is 72.8 Å². The number of nitrogens with zero attached hydrogens (tertiary/aromatic N) is 1. The highest BCUT2D eigenvalue weighted by Crippen LogP contribution is 2.54. The van der Waals surface area contributed by atoms with Gasteiger partial charge in [-0.2, -0.15) is 0 Å². The lowest BCUT2D eigenvalue weighted by molar-refractivity contribution is 0.0990. The molecule has 9 rings (SSSR count). The Bertz CT molecular complexity index is 2610. The molecule has 52 heavy (non-hydrogen) atoms. The summed E-state index contributed by atoms with van der Waals surface area (Å²) in [4.78, 5) is 29.5. The van der Waals surface area contributed by atoms with Gasteiger partial charge in [0, 0.05) is 22.2 Å². The number of para-hydroxylation sites is 1. The highest BCUT2D eigenvalue weighted by Gasteiger charge is 2.39. The number of allylic oxidation sites excluding steroid dienone is 1. The number of carbonyl (C=O) groups is 2. The lowest BCUT2D eigenvalue weighted by atomic mass is 9.71. The lowest BCUT2D eigenvalue weighted by Crippen LogP contribution is -2.31. The second-order valence-corrected chi connectivity index (χ2v) is 15.0. The van der Waals surface area contributed by atoms with E-state index >= 15 is 0 Å². The van der Waals surface area contributed by atoms with Crippen LogP contribution in [0.1, 0.15) is 70.7 Å². The third kappa shape index (κ3) is 4.93. The van der Waals surface area contributed by atoms with Crippen molar-refractivity contribution < 1.29 is 14.0 Å². The van der Waals surface area contributed by atoms with Crippen LogP contribution < -0.4 is 4.90 Å². The van der Waals surface area contributed by atoms with Gasteiger partial charge >= 0.3 is 0 Å². The molecule has 0 atom stereocenters. The van der Waals surface area contributed by atoms with E-state index in [4.69, 9.17) is 0 Å². The number of fused-ring (bicyclic) bond motifs is 6. The van der Waals surface area contributed by atoms with Crippen molar-refractivity contribution in [3.8, 4) is 11.1 Å². The van der Waals surface area contributed by atoms with Gasteiger partial charge in [-0.05, 0) is 123 Å². The SMILES string of the molecule is CC(C)(F)c1ccc(-c2ccc3c(c2)C(C)(C)c2c(ccc4cc(C=C5C(=O)c6cc7ccccc7cc6C5=O)ccc24)N3c2ccccc2)cc1. The molecule has 0 unspecified atom stereocenters. The molecule has 7 aromatic carbocycles. The number of anilines is 3. The smallest absolute Gasteiger partial charge is 0.197 e. The number of hydrogen-bond donors (Lipinski definition) is 0. The van der Waals surface area contributed by atoms with Gasteiger partial charge < -0.3 is 4.90 Å². The Hall–Kier alpha value is -6.13. The van der Waals surface area contributed by atoms with Crippen LogP contribution in [0.4, 0.5) is 21.5 Å². The Morgan fingerprint density at radius 3 is 1.88 bits per heavy atom. The molecule has 1 aliphatic carbocycles. The molecule has 1 heterocycles. The first-order chi connectivity index (χ1) is 25.0. The van der Waals surface area contributed by atoms with Crippen LogP contribution in [0.5, 0.6) is 0 Å². The molecule has 252 valence electrons. The maximum atomic E-state index is 14.7. The van der Waals surface area contributed by atoms with E-state index in [1.54, 1.807) is 19.9 Å². The van der Waals surface area contributed by atoms with E-state index in [0.717, 1.165) is 55.3 Å². The minimum Gasteiger partial charge on any atom is -0.310 e. The lowest BCUT2D eigenvalue weighted by Gasteiger charge is -2.43. The van der Waals surface area contributed by atoms with Gasteiger partial charge in [-0.25, -0.2) is 4.39 Å². The van der Waals surface area contributed by atoms with Crippen molar-refractivity contribution in [2.24, 2.45) is 0 Å². The van der Waals surface area contributed by atoms with Crippen LogP contribution in [0.25, 0.3) is 38.7 Å². The average Bonchev–Trinajstić information content (AvgIpc) is 3.37. The summed E-state index contributed by atoms with van der Waals surface area (Å²) in [5.74, 6) is -0.460. The van der Waals surface area contributed by atoms with Gasteiger partial charge in [0.25, 0.3) is 0 Å². The van der Waals surface area contributed by atoms with Crippen LogP contribution in [-0.4, -0.2) is 11.6 Å². The van der Waals surface area contributed by atoms with Crippen molar-refractivity contribution >= 4 is 56.2 Å². The third-order valence-electron chi connectivity index (χ3n) is 10.9. The molecule has 3 nitrogen and oxygen atoms in total. The van der Waals surface area contributed by atoms with Gasteiger partial charge in [0.15, 0.2) is 11.6 Å². The molecule has 0 fully saturated rings. The fourth-order valence-electron chi connectivity index (χ4n) is 8.17. The van der Waals surface area contributed by atoms with Gasteiger partial charge in [0.1, 0.15) is 5.67 Å². The molecule has 0 bridgehead atoms. The van der Waals surface area contributed by atoms with Gasteiger partial charge in [0.05, 0.1) is 16.9 Å². The number of ketones is 2. The molecule has 0 spiro atoms. The molecule has 4 heteroatoms. The predicted octanol–water partition coefficient (Wildman–Crippen LogP) is 12.4. The zero-order valence-corrected chi connectivity index (χ0v) is 29.5. The fraction of sp³-hybridized carbons (Fsp3) is 0.125. The maximum Gasteiger partial charge on any atom is 0.197 e. The normalized spacial score (nSPS) is 14.8. The molecule has 0 saturated heterocycles. The van der Waals surface area contributed by atoms with Crippen LogP contribution in [0.15, 0.2) is 145 Å². The molecule has 2 aliphatic rings. The van der Waals surface area contributed by atoms with Gasteiger partial charge in [-0.1, -0.05) is 105 Å². The number of benzene rings is 7. The number of halogens is 1. The largest absolute Gasteiger partial charge is 0.310 e. The Balaban J connectivity index is 1.17. The Labute approximate surface area is 302 Å². The van der Waals surface area contributed by atoms with E-state index < -0.39 is 11.1 Å². The van der Waals surface area contributed by atoms with Crippen molar-refractivity contribution in [3.05, 3.63) is 178 Å². The number of rotatable bonds is 4. The minimum absolute atomic E-state index is 0.197. The van der Waals surface area contributed by atoms with Crippen LogP contribution in [-0.2, 0) is 11.1 Å². The first-order valence-electron chi connectivity index (χ1n) is 17.7. The monoisotopic (exact) mass is 677 g/mol. The van der Waals surface area contributed by atoms with Crippen LogP contribution in [0, 0.1) is 0 Å². The van der Waals surface area contributed by atoms with E-state index in [2.05, 4.69) is 85.5 Å². The molecule has 0 aromatic heterocycles. The molecule has 0 saturated carbocycles. The van der Waals surface area contributed by atoms with Crippen LogP contribution >= 0.6 is 0 Å². The molecule has 0 N–H and O–H groups in total. The number of hydrogen-bond acceptors (Lipinski definition) is 3. The standard InChI is InChI=1S/C48H36FNO2/c1-47(2)41-28-33(30-15-19-35(20-16-30)48(3,4)49)17-22-42(41)50(36-12-6-5-7-13-36)43-23-18-34-24-29(14-21-37(34)44(43)47)25-40-45(51)38-26-31-10-8-9-11-32(31)27-39(38)46(40)52/h5-28H,1-4H3. The summed E-state index contributed by atoms with van der Waals surface area (Å²) in [5.41, 5.74) is 8.54. The number of alkyl halides is 1. The van der Waals surface area contributed by atoms with Gasteiger partial charge in [-0.3, -0.25) is 9.59 Å². The quantitative estimate of drug-likeness (QED) is 0.137. The molecule has 0 amide bonds. The first kappa shape index (κ1) is 31.8.